The lowest BCUT2D eigenvalue weighted by Gasteiger charge is -2.19. The van der Waals surface area contributed by atoms with Crippen LogP contribution in [0.5, 0.6) is 11.5 Å². The van der Waals surface area contributed by atoms with E-state index in [1.54, 1.807) is 39.0 Å². The summed E-state index contributed by atoms with van der Waals surface area (Å²) in [5.41, 5.74) is 2.41. The zero-order chi connectivity index (χ0) is 15.5. The monoisotopic (exact) mass is 291 g/mol. The highest BCUT2D eigenvalue weighted by Crippen LogP contribution is 2.31. The van der Waals surface area contributed by atoms with Crippen LogP contribution in [0.4, 0.5) is 0 Å². The highest BCUT2D eigenvalue weighted by molar-refractivity contribution is 6.35. The molecule has 7 nitrogen and oxygen atoms in total. The van der Waals surface area contributed by atoms with Gasteiger partial charge in [0.2, 0.25) is 6.79 Å². The summed E-state index contributed by atoms with van der Waals surface area (Å²) in [6, 6.07) is 5.24. The third-order valence-corrected chi connectivity index (χ3v) is 2.47. The van der Waals surface area contributed by atoms with Crippen molar-refractivity contribution in [1.29, 1.82) is 0 Å². The minimum absolute atomic E-state index is 0.194. The van der Waals surface area contributed by atoms with Crippen LogP contribution in [0, 0.1) is 0 Å². The summed E-state index contributed by atoms with van der Waals surface area (Å²) in [7, 11) is 0. The van der Waals surface area contributed by atoms with E-state index < -0.39 is 17.4 Å². The molecule has 112 valence electrons. The molecular weight excluding hydrogens is 274 g/mol. The second-order valence-electron chi connectivity index (χ2n) is 5.52. The number of nitrogens with one attached hydrogen (secondary N) is 2. The van der Waals surface area contributed by atoms with Crippen LogP contribution in [0.25, 0.3) is 0 Å². The van der Waals surface area contributed by atoms with Crippen LogP contribution in [0.3, 0.4) is 0 Å². The normalized spacial score (nSPS) is 13.3. The Kier molecular flexibility index (Phi) is 4.11. The molecule has 1 aliphatic rings. The Morgan fingerprint density at radius 3 is 2.62 bits per heavy atom. The molecule has 0 fully saturated rings. The molecule has 0 radical (unpaired) electrons. The molecule has 2 rings (SSSR count). The molecule has 1 heterocycles. The number of benzene rings is 1. The molecule has 2 N–H and O–H groups in total. The first-order valence-electron chi connectivity index (χ1n) is 6.40. The van der Waals surface area contributed by atoms with Crippen LogP contribution >= 0.6 is 0 Å². The van der Waals surface area contributed by atoms with Gasteiger partial charge in [-0.25, -0.2) is 5.43 Å². The highest BCUT2D eigenvalue weighted by atomic mass is 16.7. The van der Waals surface area contributed by atoms with Crippen molar-refractivity contribution < 1.29 is 19.1 Å². The fraction of sp³-hybridized carbons (Fsp3) is 0.357. The fourth-order valence-corrected chi connectivity index (χ4v) is 1.61. The zero-order valence-corrected chi connectivity index (χ0v) is 12.1. The largest absolute Gasteiger partial charge is 0.454 e. The van der Waals surface area contributed by atoms with Gasteiger partial charge in [0.05, 0.1) is 6.21 Å². The molecule has 0 saturated heterocycles. The lowest BCUT2D eigenvalue weighted by molar-refractivity contribution is -0.140. The van der Waals surface area contributed by atoms with Crippen molar-refractivity contribution >= 4 is 18.0 Å². The minimum atomic E-state index is -0.818. The zero-order valence-electron chi connectivity index (χ0n) is 12.1. The van der Waals surface area contributed by atoms with Gasteiger partial charge in [0.15, 0.2) is 11.5 Å². The first kappa shape index (κ1) is 14.8. The third-order valence-electron chi connectivity index (χ3n) is 2.47. The van der Waals surface area contributed by atoms with Gasteiger partial charge in [-0.2, -0.15) is 5.10 Å². The molecule has 1 aromatic rings. The fourth-order valence-electron chi connectivity index (χ4n) is 1.61. The van der Waals surface area contributed by atoms with Crippen LogP contribution in [-0.2, 0) is 9.59 Å². The molecule has 0 aliphatic carbocycles. The van der Waals surface area contributed by atoms with Crippen molar-refractivity contribution in [2.45, 2.75) is 26.3 Å². The predicted molar refractivity (Wildman–Crippen MR) is 76.2 cm³/mol. The molecule has 0 aromatic heterocycles. The van der Waals surface area contributed by atoms with Crippen molar-refractivity contribution in [2.75, 3.05) is 6.79 Å². The number of fused-ring (bicyclic) bond motifs is 1. The number of carbonyl (C=O) groups is 2. The van der Waals surface area contributed by atoms with E-state index in [1.165, 1.54) is 6.21 Å². The number of nitrogens with zero attached hydrogens (tertiary/aromatic N) is 1. The van der Waals surface area contributed by atoms with Crippen molar-refractivity contribution in [3.63, 3.8) is 0 Å². The number of hydrogen-bond donors (Lipinski definition) is 2. The van der Waals surface area contributed by atoms with E-state index in [4.69, 9.17) is 9.47 Å². The summed E-state index contributed by atoms with van der Waals surface area (Å²) in [5, 5.41) is 6.28. The maximum Gasteiger partial charge on any atom is 0.329 e. The second kappa shape index (κ2) is 5.82. The van der Waals surface area contributed by atoms with E-state index >= 15 is 0 Å². The van der Waals surface area contributed by atoms with Crippen molar-refractivity contribution in [1.82, 2.24) is 10.7 Å². The Morgan fingerprint density at radius 1 is 1.19 bits per heavy atom. The molecule has 7 heteroatoms. The van der Waals surface area contributed by atoms with Crippen molar-refractivity contribution in [2.24, 2.45) is 5.10 Å². The van der Waals surface area contributed by atoms with Crippen LogP contribution in [0.2, 0.25) is 0 Å². The molecule has 0 bridgehead atoms. The predicted octanol–water partition coefficient (Wildman–Crippen LogP) is 0.780. The Labute approximate surface area is 122 Å². The topological polar surface area (TPSA) is 89.0 Å². The quantitative estimate of drug-likeness (QED) is 0.479. The third kappa shape index (κ3) is 4.20. The van der Waals surface area contributed by atoms with E-state index in [0.717, 1.165) is 5.56 Å². The van der Waals surface area contributed by atoms with Gasteiger partial charge in [0.25, 0.3) is 0 Å². The molecule has 0 atom stereocenters. The van der Waals surface area contributed by atoms with E-state index in [2.05, 4.69) is 15.8 Å². The smallest absolute Gasteiger partial charge is 0.329 e. The first-order chi connectivity index (χ1) is 9.85. The molecule has 0 saturated carbocycles. The molecule has 21 heavy (non-hydrogen) atoms. The van der Waals surface area contributed by atoms with Crippen molar-refractivity contribution in [3.05, 3.63) is 23.8 Å². The highest BCUT2D eigenvalue weighted by Gasteiger charge is 2.19. The van der Waals surface area contributed by atoms with Crippen LogP contribution in [0.15, 0.2) is 23.3 Å². The molecule has 0 unspecified atom stereocenters. The maximum atomic E-state index is 11.5. The number of carbonyl (C=O) groups excluding carboxylic acids is 2. The summed E-state index contributed by atoms with van der Waals surface area (Å²) >= 11 is 0. The average Bonchev–Trinajstić information content (AvgIpc) is 2.84. The summed E-state index contributed by atoms with van der Waals surface area (Å²) in [5.74, 6) is -0.260. The van der Waals surface area contributed by atoms with Gasteiger partial charge in [-0.15, -0.1) is 0 Å². The number of rotatable bonds is 2. The van der Waals surface area contributed by atoms with Gasteiger partial charge in [0.1, 0.15) is 0 Å². The van der Waals surface area contributed by atoms with Gasteiger partial charge in [-0.1, -0.05) is 0 Å². The summed E-state index contributed by atoms with van der Waals surface area (Å²) in [4.78, 5) is 23.0. The van der Waals surface area contributed by atoms with Gasteiger partial charge in [-0.3, -0.25) is 9.59 Å². The van der Waals surface area contributed by atoms with Crippen LogP contribution < -0.4 is 20.2 Å². The number of amides is 2. The average molecular weight is 291 g/mol. The summed E-state index contributed by atoms with van der Waals surface area (Å²) < 4.78 is 10.4. The number of hydrogen-bond acceptors (Lipinski definition) is 5. The minimum Gasteiger partial charge on any atom is -0.454 e. The summed E-state index contributed by atoms with van der Waals surface area (Å²) in [6.45, 7) is 5.55. The van der Waals surface area contributed by atoms with Gasteiger partial charge in [0, 0.05) is 5.54 Å². The Balaban J connectivity index is 1.90. The molecule has 0 spiro atoms. The van der Waals surface area contributed by atoms with Crippen LogP contribution in [0.1, 0.15) is 26.3 Å². The van der Waals surface area contributed by atoms with Gasteiger partial charge >= 0.3 is 11.8 Å². The van der Waals surface area contributed by atoms with Gasteiger partial charge in [-0.05, 0) is 44.5 Å². The Morgan fingerprint density at radius 2 is 1.90 bits per heavy atom. The summed E-state index contributed by atoms with van der Waals surface area (Å²) in [6.07, 6.45) is 1.42. The second-order valence-corrected chi connectivity index (χ2v) is 5.52. The van der Waals surface area contributed by atoms with Gasteiger partial charge < -0.3 is 14.8 Å². The van der Waals surface area contributed by atoms with E-state index in [0.29, 0.717) is 11.5 Å². The van der Waals surface area contributed by atoms with Crippen molar-refractivity contribution in [3.8, 4) is 11.5 Å². The Bertz CT molecular complexity index is 590. The number of ether oxygens (including phenoxy) is 2. The van der Waals surface area contributed by atoms with Crippen LogP contribution in [-0.4, -0.2) is 30.4 Å². The first-order valence-corrected chi connectivity index (χ1v) is 6.40. The molecule has 1 aromatic carbocycles. The Hall–Kier alpha value is -2.57. The SMILES string of the molecule is CC(C)(C)NC(=O)C(=O)N/N=C/c1ccc2c(c1)OCO2. The number of hydrazone groups is 1. The lowest BCUT2D eigenvalue weighted by Crippen LogP contribution is -2.47. The molecule has 1 aliphatic heterocycles. The standard InChI is InChI=1S/C14H17N3O4/c1-14(2,3)16-12(18)13(19)17-15-7-9-4-5-10-11(6-9)21-8-20-10/h4-7H,8H2,1-3H3,(H,16,18)(H,17,19)/b15-7+. The molecule has 2 amide bonds. The lowest BCUT2D eigenvalue weighted by atomic mass is 10.1. The van der Waals surface area contributed by atoms with E-state index in [9.17, 15) is 9.59 Å². The molecular formula is C14H17N3O4. The maximum absolute atomic E-state index is 11.5. The van der Waals surface area contributed by atoms with E-state index in [-0.39, 0.29) is 6.79 Å². The van der Waals surface area contributed by atoms with E-state index in [1.807, 2.05) is 0 Å².